The van der Waals surface area contributed by atoms with Crippen LogP contribution in [0.3, 0.4) is 0 Å². The van der Waals surface area contributed by atoms with Crippen LogP contribution in [0.15, 0.2) is 48.5 Å². The Morgan fingerprint density at radius 2 is 1.13 bits per heavy atom. The van der Waals surface area contributed by atoms with Crippen LogP contribution in [0, 0.1) is 0 Å². The summed E-state index contributed by atoms with van der Waals surface area (Å²) in [5.74, 6) is -1.25. The smallest absolute Gasteiger partial charge is 0.259 e. The monoisotopic (exact) mass is 415 g/mol. The topological polar surface area (TPSA) is 90.2 Å². The zero-order valence-corrected chi connectivity index (χ0v) is 16.3. The van der Waals surface area contributed by atoms with Crippen molar-refractivity contribution in [2.45, 2.75) is 11.8 Å². The minimum atomic E-state index is -3.50. The van der Waals surface area contributed by atoms with E-state index in [1.807, 2.05) is 48.5 Å². The molecule has 0 spiro atoms. The van der Waals surface area contributed by atoms with Crippen LogP contribution in [0.25, 0.3) is 43.6 Å². The quantitative estimate of drug-likeness (QED) is 0.394. The highest BCUT2D eigenvalue weighted by Gasteiger charge is 2.38. The Morgan fingerprint density at radius 1 is 0.700 bits per heavy atom. The van der Waals surface area contributed by atoms with Gasteiger partial charge in [0.25, 0.3) is 11.8 Å². The van der Waals surface area contributed by atoms with Gasteiger partial charge in [0.05, 0.1) is 33.2 Å². The molecule has 1 N–H and O–H groups in total. The molecule has 7 rings (SSSR count). The maximum absolute atomic E-state index is 13.1. The van der Waals surface area contributed by atoms with Gasteiger partial charge in [-0.1, -0.05) is 36.4 Å². The van der Waals surface area contributed by atoms with Gasteiger partial charge in [0.15, 0.2) is 9.84 Å². The van der Waals surface area contributed by atoms with Crippen LogP contribution in [0.5, 0.6) is 0 Å². The van der Waals surface area contributed by atoms with Crippen LogP contribution in [0.4, 0.5) is 0 Å². The SMILES string of the molecule is O=C1NC(=O)c2c1c1c3ccccc3n3c1c1c2c2ccccc2n1CS(=O)(=O)C3. The van der Waals surface area contributed by atoms with Gasteiger partial charge in [-0.3, -0.25) is 14.9 Å². The molecular formula is C22H13N3O4S. The number of sulfone groups is 1. The number of rotatable bonds is 0. The number of hydrogen-bond donors (Lipinski definition) is 1. The van der Waals surface area contributed by atoms with E-state index in [2.05, 4.69) is 5.32 Å². The van der Waals surface area contributed by atoms with Crippen molar-refractivity contribution in [2.75, 3.05) is 0 Å². The second kappa shape index (κ2) is 4.91. The lowest BCUT2D eigenvalue weighted by Gasteiger charge is -2.06. The largest absolute Gasteiger partial charge is 0.324 e. The maximum Gasteiger partial charge on any atom is 0.259 e. The molecule has 30 heavy (non-hydrogen) atoms. The van der Waals surface area contributed by atoms with Crippen molar-refractivity contribution < 1.29 is 18.0 Å². The number of carbonyl (C=O) groups excluding carboxylic acids is 2. The summed E-state index contributed by atoms with van der Waals surface area (Å²) in [6, 6.07) is 14.9. The maximum atomic E-state index is 13.1. The molecule has 0 radical (unpaired) electrons. The molecule has 0 aliphatic carbocycles. The van der Waals surface area contributed by atoms with E-state index in [4.69, 9.17) is 0 Å². The molecule has 5 aromatic rings. The van der Waals surface area contributed by atoms with E-state index < -0.39 is 21.7 Å². The molecule has 3 aromatic carbocycles. The van der Waals surface area contributed by atoms with Crippen molar-refractivity contribution in [2.24, 2.45) is 0 Å². The third-order valence-electron chi connectivity index (χ3n) is 6.25. The molecule has 2 aromatic heterocycles. The van der Waals surface area contributed by atoms with Crippen molar-refractivity contribution in [3.63, 3.8) is 0 Å². The van der Waals surface area contributed by atoms with E-state index in [0.717, 1.165) is 21.8 Å². The predicted molar refractivity (Wildman–Crippen MR) is 113 cm³/mol. The van der Waals surface area contributed by atoms with Gasteiger partial charge < -0.3 is 9.13 Å². The van der Waals surface area contributed by atoms with E-state index in [0.29, 0.717) is 32.9 Å². The minimum absolute atomic E-state index is 0.184. The number of nitrogens with zero attached hydrogens (tertiary/aromatic N) is 2. The van der Waals surface area contributed by atoms with Crippen LogP contribution in [-0.2, 0) is 21.6 Å². The second-order valence-electron chi connectivity index (χ2n) is 7.87. The minimum Gasteiger partial charge on any atom is -0.324 e. The molecular weight excluding hydrogens is 402 g/mol. The van der Waals surface area contributed by atoms with Gasteiger partial charge in [0.1, 0.15) is 11.8 Å². The van der Waals surface area contributed by atoms with Gasteiger partial charge in [0.2, 0.25) is 0 Å². The molecule has 0 saturated heterocycles. The van der Waals surface area contributed by atoms with Crippen LogP contribution in [0.1, 0.15) is 20.7 Å². The Balaban J connectivity index is 1.95. The van der Waals surface area contributed by atoms with Crippen LogP contribution in [0.2, 0.25) is 0 Å². The lowest BCUT2D eigenvalue weighted by atomic mass is 9.97. The van der Waals surface area contributed by atoms with Crippen LogP contribution >= 0.6 is 0 Å². The Bertz CT molecular complexity index is 1650. The summed E-state index contributed by atoms with van der Waals surface area (Å²) in [6.07, 6.45) is 0. The molecule has 0 unspecified atom stereocenters. The zero-order valence-electron chi connectivity index (χ0n) is 15.5. The fraction of sp³-hybridized carbons (Fsp3) is 0.0909. The van der Waals surface area contributed by atoms with Gasteiger partial charge in [0, 0.05) is 21.5 Å². The van der Waals surface area contributed by atoms with Gasteiger partial charge in [-0.25, -0.2) is 8.42 Å². The normalized spacial score (nSPS) is 17.3. The number of fused-ring (bicyclic) bond motifs is 9. The van der Waals surface area contributed by atoms with E-state index in [9.17, 15) is 18.0 Å². The molecule has 0 saturated carbocycles. The molecule has 2 aliphatic heterocycles. The van der Waals surface area contributed by atoms with Gasteiger partial charge in [-0.2, -0.15) is 0 Å². The summed E-state index contributed by atoms with van der Waals surface area (Å²) >= 11 is 0. The molecule has 7 nitrogen and oxygen atoms in total. The highest BCUT2D eigenvalue weighted by atomic mass is 32.2. The zero-order chi connectivity index (χ0) is 20.4. The fourth-order valence-corrected chi connectivity index (χ4v) is 6.64. The van der Waals surface area contributed by atoms with Crippen LogP contribution in [-0.4, -0.2) is 29.4 Å². The van der Waals surface area contributed by atoms with Crippen molar-refractivity contribution in [3.05, 3.63) is 59.7 Å². The number of benzene rings is 3. The Labute approximate surface area is 169 Å². The van der Waals surface area contributed by atoms with Crippen molar-refractivity contribution >= 4 is 65.3 Å². The summed E-state index contributed by atoms with van der Waals surface area (Å²) in [5, 5.41) is 5.26. The molecule has 0 atom stereocenters. The third-order valence-corrected chi connectivity index (χ3v) is 7.55. The summed E-state index contributed by atoms with van der Waals surface area (Å²) in [4.78, 5) is 25.8. The number of para-hydroxylation sites is 2. The fourth-order valence-electron chi connectivity index (χ4n) is 5.24. The lowest BCUT2D eigenvalue weighted by Crippen LogP contribution is -2.20. The Hall–Kier alpha value is -3.65. The molecule has 0 fully saturated rings. The van der Waals surface area contributed by atoms with Crippen LogP contribution < -0.4 is 5.32 Å². The highest BCUT2D eigenvalue weighted by Crippen LogP contribution is 2.46. The average Bonchev–Trinajstić information content (AvgIpc) is 3.27. The molecule has 146 valence electrons. The molecule has 4 heterocycles. The first-order valence-electron chi connectivity index (χ1n) is 9.50. The molecule has 8 heteroatoms. The lowest BCUT2D eigenvalue weighted by molar-refractivity contribution is 0.0880. The summed E-state index contributed by atoms with van der Waals surface area (Å²) < 4.78 is 29.7. The first-order chi connectivity index (χ1) is 14.5. The van der Waals surface area contributed by atoms with E-state index >= 15 is 0 Å². The van der Waals surface area contributed by atoms with Crippen molar-refractivity contribution in [1.82, 2.24) is 14.5 Å². The third kappa shape index (κ3) is 1.70. The first-order valence-corrected chi connectivity index (χ1v) is 11.3. The van der Waals surface area contributed by atoms with Gasteiger partial charge >= 0.3 is 0 Å². The average molecular weight is 415 g/mol. The number of hydrogen-bond acceptors (Lipinski definition) is 4. The Morgan fingerprint density at radius 3 is 1.60 bits per heavy atom. The number of amides is 2. The number of carbonyl (C=O) groups is 2. The van der Waals surface area contributed by atoms with Crippen molar-refractivity contribution in [1.29, 1.82) is 0 Å². The Kier molecular flexibility index (Phi) is 2.65. The number of nitrogens with one attached hydrogen (secondary N) is 1. The number of aromatic nitrogens is 2. The molecule has 2 aliphatic rings. The van der Waals surface area contributed by atoms with E-state index in [1.54, 1.807) is 9.13 Å². The summed E-state index contributed by atoms with van der Waals surface area (Å²) in [6.45, 7) is 0. The second-order valence-corrected chi connectivity index (χ2v) is 9.88. The van der Waals surface area contributed by atoms with Gasteiger partial charge in [-0.15, -0.1) is 0 Å². The summed E-state index contributed by atoms with van der Waals surface area (Å²) in [5.41, 5.74) is 3.51. The number of imide groups is 1. The highest BCUT2D eigenvalue weighted by molar-refractivity contribution is 7.89. The standard InChI is InChI=1S/C22H13N3O4S/c26-21-17-15-11-5-1-3-7-13(11)24-9-30(28,29)10-25-14-8-4-2-6-12(14)16(20(25)19(15)24)18(17)22(27)23-21/h1-8H,9-10H2,(H,23,26,27). The first kappa shape index (κ1) is 16.2. The van der Waals surface area contributed by atoms with E-state index in [1.165, 1.54) is 0 Å². The summed E-state index contributed by atoms with van der Waals surface area (Å²) in [7, 11) is -3.50. The van der Waals surface area contributed by atoms with Crippen molar-refractivity contribution in [3.8, 4) is 0 Å². The predicted octanol–water partition coefficient (Wildman–Crippen LogP) is 3.13. The van der Waals surface area contributed by atoms with E-state index in [-0.39, 0.29) is 11.8 Å². The van der Waals surface area contributed by atoms with Gasteiger partial charge in [-0.05, 0) is 12.1 Å². The molecule has 2 amide bonds. The molecule has 0 bridgehead atoms.